The summed E-state index contributed by atoms with van der Waals surface area (Å²) in [4.78, 5) is 0. The molecule has 0 saturated carbocycles. The number of thioether (sulfide) groups is 1. The van der Waals surface area contributed by atoms with Crippen LogP contribution in [0.1, 0.15) is 214 Å². The lowest BCUT2D eigenvalue weighted by atomic mass is 9.86. The quantitative estimate of drug-likeness (QED) is 0.0492. The molecule has 0 aliphatic carbocycles. The lowest BCUT2D eigenvalue weighted by Crippen LogP contribution is -2.12. The van der Waals surface area contributed by atoms with Crippen LogP contribution in [0.15, 0.2) is 0 Å². The van der Waals surface area contributed by atoms with Crippen molar-refractivity contribution in [3.63, 3.8) is 0 Å². The fourth-order valence-corrected chi connectivity index (χ4v) is 10.8. The van der Waals surface area contributed by atoms with Crippen LogP contribution in [0.5, 0.6) is 0 Å². The highest BCUT2D eigenvalue weighted by Crippen LogP contribution is 2.37. The molecule has 0 aromatic rings. The predicted octanol–water partition coefficient (Wildman–Crippen LogP) is 15.7. The van der Waals surface area contributed by atoms with Gasteiger partial charge < -0.3 is 0 Å². The van der Waals surface area contributed by atoms with Gasteiger partial charge in [-0.2, -0.15) is 11.8 Å². The number of hydrogen-bond acceptors (Lipinski definition) is 3. The molecule has 3 atom stereocenters. The molecule has 0 aromatic carbocycles. The maximum Gasteiger partial charge on any atom is 0.0242 e. The molecule has 0 rings (SSSR count). The van der Waals surface area contributed by atoms with E-state index in [-0.39, 0.29) is 0 Å². The van der Waals surface area contributed by atoms with Crippen LogP contribution in [-0.2, 0) is 0 Å². The summed E-state index contributed by atoms with van der Waals surface area (Å²) in [7, 11) is 4.53. The Morgan fingerprint density at radius 3 is 1.19 bits per heavy atom. The standard InChI is InChI=1S/C39H80S3/c1-6-10-13-16-19-22-25-28-31-37(9-4)34-38(32-29-26-23-20-17-14-11-7-2)35-41-42-39(36-40-5)33-30-27-24-21-18-15-12-8-3/h37-39H,6-36H2,1-5H3. The monoisotopic (exact) mass is 645 g/mol. The van der Waals surface area contributed by atoms with Gasteiger partial charge in [-0.3, -0.25) is 0 Å². The van der Waals surface area contributed by atoms with Gasteiger partial charge in [0.1, 0.15) is 0 Å². The first-order chi connectivity index (χ1) is 20.7. The van der Waals surface area contributed by atoms with Crippen LogP contribution in [0.4, 0.5) is 0 Å². The Morgan fingerprint density at radius 1 is 0.405 bits per heavy atom. The van der Waals surface area contributed by atoms with E-state index in [1.54, 1.807) is 0 Å². The molecule has 42 heavy (non-hydrogen) atoms. The largest absolute Gasteiger partial charge is 0.164 e. The zero-order valence-electron chi connectivity index (χ0n) is 29.9. The van der Waals surface area contributed by atoms with Gasteiger partial charge in [-0.1, -0.05) is 216 Å². The molecule has 0 heterocycles. The summed E-state index contributed by atoms with van der Waals surface area (Å²) in [5.41, 5.74) is 0. The summed E-state index contributed by atoms with van der Waals surface area (Å²) in [6.07, 6.45) is 44.4. The van der Waals surface area contributed by atoms with E-state index in [1.807, 2.05) is 0 Å². The van der Waals surface area contributed by atoms with Crippen LogP contribution >= 0.6 is 33.3 Å². The Balaban J connectivity index is 4.49. The lowest BCUT2D eigenvalue weighted by molar-refractivity contribution is 0.333. The van der Waals surface area contributed by atoms with E-state index in [1.165, 1.54) is 198 Å². The average Bonchev–Trinajstić information content (AvgIpc) is 3.00. The average molecular weight is 645 g/mol. The highest BCUT2D eigenvalue weighted by molar-refractivity contribution is 8.77. The van der Waals surface area contributed by atoms with Crippen molar-refractivity contribution < 1.29 is 0 Å². The normalized spacial score (nSPS) is 13.9. The third-order valence-electron chi connectivity index (χ3n) is 9.42. The maximum absolute atomic E-state index is 2.48. The van der Waals surface area contributed by atoms with E-state index in [4.69, 9.17) is 0 Å². The molecule has 0 aliphatic rings. The van der Waals surface area contributed by atoms with Crippen molar-refractivity contribution in [1.29, 1.82) is 0 Å². The van der Waals surface area contributed by atoms with Crippen molar-refractivity contribution in [2.75, 3.05) is 17.8 Å². The lowest BCUT2D eigenvalue weighted by Gasteiger charge is -2.24. The highest BCUT2D eigenvalue weighted by atomic mass is 33.1. The van der Waals surface area contributed by atoms with E-state index >= 15 is 0 Å². The van der Waals surface area contributed by atoms with Gasteiger partial charge in [0.2, 0.25) is 0 Å². The van der Waals surface area contributed by atoms with E-state index in [2.05, 4.69) is 67.3 Å². The smallest absolute Gasteiger partial charge is 0.0242 e. The molecule has 0 fully saturated rings. The SMILES string of the molecule is CCCCCCCCCCC(CC)CC(CCCCCCCCCC)CSSC(CCCCCCCCCC)CSC. The predicted molar refractivity (Wildman–Crippen MR) is 206 cm³/mol. The first-order valence-electron chi connectivity index (χ1n) is 19.5. The number of hydrogen-bond donors (Lipinski definition) is 0. The number of unbranched alkanes of at least 4 members (excludes halogenated alkanes) is 21. The Hall–Kier alpha value is 1.05. The molecule has 0 radical (unpaired) electrons. The van der Waals surface area contributed by atoms with E-state index in [0.29, 0.717) is 0 Å². The molecule has 3 heteroatoms. The van der Waals surface area contributed by atoms with Gasteiger partial charge in [0.05, 0.1) is 0 Å². The zero-order chi connectivity index (χ0) is 30.8. The Labute approximate surface area is 280 Å². The summed E-state index contributed by atoms with van der Waals surface area (Å²) in [6, 6.07) is 0. The third kappa shape index (κ3) is 31.0. The topological polar surface area (TPSA) is 0 Å². The van der Waals surface area contributed by atoms with Gasteiger partial charge in [-0.15, -0.1) is 0 Å². The van der Waals surface area contributed by atoms with Gasteiger partial charge in [0.15, 0.2) is 0 Å². The van der Waals surface area contributed by atoms with Gasteiger partial charge in [-0.25, -0.2) is 0 Å². The molecule has 254 valence electrons. The fourth-order valence-electron chi connectivity index (χ4n) is 6.45. The summed E-state index contributed by atoms with van der Waals surface area (Å²) in [5, 5.41) is 0.855. The van der Waals surface area contributed by atoms with Crippen molar-refractivity contribution >= 4 is 33.3 Å². The second kappa shape index (κ2) is 36.5. The molecule has 0 N–H and O–H groups in total. The van der Waals surface area contributed by atoms with Gasteiger partial charge in [-0.05, 0) is 37.4 Å². The highest BCUT2D eigenvalue weighted by Gasteiger charge is 2.17. The summed E-state index contributed by atoms with van der Waals surface area (Å²) in [5.74, 6) is 4.65. The molecule has 0 bridgehead atoms. The number of rotatable bonds is 36. The summed E-state index contributed by atoms with van der Waals surface area (Å²) in [6.45, 7) is 9.45. The van der Waals surface area contributed by atoms with Crippen molar-refractivity contribution in [1.82, 2.24) is 0 Å². The first kappa shape index (κ1) is 43.0. The molecule has 0 nitrogen and oxygen atoms in total. The fraction of sp³-hybridized carbons (Fsp3) is 1.00. The van der Waals surface area contributed by atoms with Crippen molar-refractivity contribution in [3.05, 3.63) is 0 Å². The zero-order valence-corrected chi connectivity index (χ0v) is 32.3. The molecular formula is C39H80S3. The molecule has 0 aromatic heterocycles. The molecule has 0 spiro atoms. The van der Waals surface area contributed by atoms with Crippen LogP contribution < -0.4 is 0 Å². The van der Waals surface area contributed by atoms with E-state index < -0.39 is 0 Å². The molecule has 0 saturated heterocycles. The first-order valence-corrected chi connectivity index (χ1v) is 23.3. The Kier molecular flexibility index (Phi) is 37.4. The summed E-state index contributed by atoms with van der Waals surface area (Å²) < 4.78 is 0. The maximum atomic E-state index is 2.48. The third-order valence-corrected chi connectivity index (χ3v) is 13.4. The Bertz CT molecular complexity index is 482. The van der Waals surface area contributed by atoms with Crippen LogP contribution in [0.25, 0.3) is 0 Å². The molecule has 3 unspecified atom stereocenters. The van der Waals surface area contributed by atoms with Crippen molar-refractivity contribution in [2.24, 2.45) is 11.8 Å². The Morgan fingerprint density at radius 2 is 0.786 bits per heavy atom. The van der Waals surface area contributed by atoms with Crippen LogP contribution in [0.2, 0.25) is 0 Å². The second-order valence-electron chi connectivity index (χ2n) is 13.6. The minimum absolute atomic E-state index is 0.855. The minimum Gasteiger partial charge on any atom is -0.164 e. The van der Waals surface area contributed by atoms with Crippen molar-refractivity contribution in [2.45, 2.75) is 219 Å². The molecule has 0 amide bonds. The minimum atomic E-state index is 0.855. The van der Waals surface area contributed by atoms with Gasteiger partial charge in [0.25, 0.3) is 0 Å². The molecular weight excluding hydrogens is 565 g/mol. The van der Waals surface area contributed by atoms with Gasteiger partial charge in [0, 0.05) is 16.8 Å². The second-order valence-corrected chi connectivity index (χ2v) is 17.2. The van der Waals surface area contributed by atoms with Crippen LogP contribution in [0, 0.1) is 11.8 Å². The molecule has 0 aliphatic heterocycles. The van der Waals surface area contributed by atoms with Crippen LogP contribution in [0.3, 0.4) is 0 Å². The summed E-state index contributed by atoms with van der Waals surface area (Å²) >= 11 is 2.07. The van der Waals surface area contributed by atoms with E-state index in [9.17, 15) is 0 Å². The van der Waals surface area contributed by atoms with Crippen molar-refractivity contribution in [3.8, 4) is 0 Å². The van der Waals surface area contributed by atoms with E-state index in [0.717, 1.165) is 17.1 Å². The van der Waals surface area contributed by atoms with Gasteiger partial charge >= 0.3 is 0 Å². The van der Waals surface area contributed by atoms with Crippen LogP contribution in [-0.4, -0.2) is 23.0 Å².